The van der Waals surface area contributed by atoms with Gasteiger partial charge < -0.3 is 9.47 Å². The van der Waals surface area contributed by atoms with Crippen molar-refractivity contribution in [2.75, 3.05) is 19.6 Å². The number of rotatable bonds is 5. The Morgan fingerprint density at radius 3 is 2.68 bits per heavy atom. The Morgan fingerprint density at radius 2 is 1.88 bits per heavy atom. The molecular formula is C21H27N3O. The Kier molecular flexibility index (Phi) is 4.46. The predicted molar refractivity (Wildman–Crippen MR) is 100 cm³/mol. The second kappa shape index (κ2) is 6.75. The van der Waals surface area contributed by atoms with Crippen molar-refractivity contribution in [3.8, 4) is 11.1 Å². The number of hydrogen-bond donors (Lipinski definition) is 0. The van der Waals surface area contributed by atoms with E-state index in [9.17, 15) is 4.79 Å². The van der Waals surface area contributed by atoms with Crippen LogP contribution in [-0.4, -0.2) is 39.9 Å². The third-order valence-corrected chi connectivity index (χ3v) is 5.87. The maximum Gasteiger partial charge on any atom is 0.165 e. The molecule has 2 aromatic heterocycles. The lowest BCUT2D eigenvalue weighted by molar-refractivity contribution is 0.0972. The summed E-state index contributed by atoms with van der Waals surface area (Å²) in [4.78, 5) is 19.8. The number of carbonyl (C=O) groups is 1. The zero-order valence-corrected chi connectivity index (χ0v) is 15.3. The molecule has 4 rings (SSSR count). The van der Waals surface area contributed by atoms with Gasteiger partial charge in [-0.2, -0.15) is 0 Å². The van der Waals surface area contributed by atoms with E-state index in [0.717, 1.165) is 63.1 Å². The van der Waals surface area contributed by atoms with Crippen molar-refractivity contribution in [2.45, 2.75) is 52.5 Å². The van der Waals surface area contributed by atoms with Gasteiger partial charge in [0.25, 0.3) is 0 Å². The number of aromatic nitrogens is 2. The van der Waals surface area contributed by atoms with Crippen LogP contribution >= 0.6 is 0 Å². The maximum absolute atomic E-state index is 12.8. The molecule has 0 atom stereocenters. The summed E-state index contributed by atoms with van der Waals surface area (Å²) in [5.74, 6) is 0.329. The van der Waals surface area contributed by atoms with Crippen LogP contribution in [0.4, 0.5) is 0 Å². The third kappa shape index (κ3) is 2.73. The molecule has 4 nitrogen and oxygen atoms in total. The number of Topliss-reactive ketones (excluding diaryl/α,β-unsaturated/α-hetero) is 1. The standard InChI is InChI=1S/C21H27N3O/c1-3-23(4-2)13-14-24-17-8-5-9-19(25)21(17)20-15-7-6-12-22-16(15)10-11-18(20)24/h6-7,12H,3-5,8-11,13-14H2,1-2H3. The summed E-state index contributed by atoms with van der Waals surface area (Å²) in [5.41, 5.74) is 7.20. The van der Waals surface area contributed by atoms with Crippen molar-refractivity contribution >= 4 is 5.78 Å². The first kappa shape index (κ1) is 16.5. The quantitative estimate of drug-likeness (QED) is 0.838. The second-order valence-corrected chi connectivity index (χ2v) is 7.10. The van der Waals surface area contributed by atoms with Gasteiger partial charge in [0, 0.05) is 59.5 Å². The van der Waals surface area contributed by atoms with Crippen molar-refractivity contribution in [1.29, 1.82) is 0 Å². The van der Waals surface area contributed by atoms with Crippen LogP contribution in [-0.2, 0) is 25.8 Å². The minimum Gasteiger partial charge on any atom is -0.346 e. The fraction of sp³-hybridized carbons (Fsp3) is 0.524. The lowest BCUT2D eigenvalue weighted by Gasteiger charge is -2.22. The Labute approximate surface area is 149 Å². The van der Waals surface area contributed by atoms with Crippen LogP contribution in [0, 0.1) is 0 Å². The molecule has 0 aliphatic heterocycles. The number of aryl methyl sites for hydroxylation is 1. The summed E-state index contributed by atoms with van der Waals surface area (Å²) < 4.78 is 2.48. The highest BCUT2D eigenvalue weighted by Crippen LogP contribution is 2.41. The lowest BCUT2D eigenvalue weighted by atomic mass is 9.86. The normalized spacial score (nSPS) is 15.9. The minimum atomic E-state index is 0.329. The van der Waals surface area contributed by atoms with Gasteiger partial charge in [-0.15, -0.1) is 0 Å². The monoisotopic (exact) mass is 337 g/mol. The van der Waals surface area contributed by atoms with Gasteiger partial charge in [0.1, 0.15) is 0 Å². The van der Waals surface area contributed by atoms with Crippen LogP contribution in [0.3, 0.4) is 0 Å². The highest BCUT2D eigenvalue weighted by atomic mass is 16.1. The minimum absolute atomic E-state index is 0.329. The molecule has 132 valence electrons. The molecule has 0 radical (unpaired) electrons. The zero-order chi connectivity index (χ0) is 17.4. The van der Waals surface area contributed by atoms with Gasteiger partial charge in [0.2, 0.25) is 0 Å². The van der Waals surface area contributed by atoms with Crippen molar-refractivity contribution in [3.63, 3.8) is 0 Å². The van der Waals surface area contributed by atoms with Crippen molar-refractivity contribution in [3.05, 3.63) is 41.0 Å². The molecule has 2 aliphatic carbocycles. The van der Waals surface area contributed by atoms with Gasteiger partial charge in [-0.25, -0.2) is 0 Å². The van der Waals surface area contributed by atoms with Gasteiger partial charge in [0.15, 0.2) is 5.78 Å². The van der Waals surface area contributed by atoms with Crippen molar-refractivity contribution < 1.29 is 4.79 Å². The van der Waals surface area contributed by atoms with E-state index in [1.54, 1.807) is 0 Å². The third-order valence-electron chi connectivity index (χ3n) is 5.87. The van der Waals surface area contributed by atoms with E-state index in [4.69, 9.17) is 0 Å². The molecule has 0 bridgehead atoms. The lowest BCUT2D eigenvalue weighted by Crippen LogP contribution is -2.28. The molecule has 0 saturated carbocycles. The highest BCUT2D eigenvalue weighted by Gasteiger charge is 2.33. The predicted octanol–water partition coefficient (Wildman–Crippen LogP) is 3.51. The molecule has 4 heteroatoms. The van der Waals surface area contributed by atoms with Crippen LogP contribution in [0.5, 0.6) is 0 Å². The van der Waals surface area contributed by atoms with Gasteiger partial charge in [-0.05, 0) is 44.8 Å². The first-order chi connectivity index (χ1) is 12.2. The molecule has 0 saturated heterocycles. The topological polar surface area (TPSA) is 38.1 Å². The van der Waals surface area contributed by atoms with E-state index in [0.29, 0.717) is 12.2 Å². The van der Waals surface area contributed by atoms with E-state index in [2.05, 4.69) is 34.4 Å². The summed E-state index contributed by atoms with van der Waals surface area (Å²) in [7, 11) is 0. The molecule has 25 heavy (non-hydrogen) atoms. The van der Waals surface area contributed by atoms with Gasteiger partial charge in [-0.1, -0.05) is 19.9 Å². The van der Waals surface area contributed by atoms with Crippen LogP contribution < -0.4 is 0 Å². The Balaban J connectivity index is 1.83. The summed E-state index contributed by atoms with van der Waals surface area (Å²) in [5, 5.41) is 0. The molecule has 2 aromatic rings. The Bertz CT molecular complexity index is 802. The number of nitrogens with zero attached hydrogens (tertiary/aromatic N) is 3. The second-order valence-electron chi connectivity index (χ2n) is 7.10. The van der Waals surface area contributed by atoms with E-state index in [1.165, 1.54) is 22.5 Å². The van der Waals surface area contributed by atoms with Gasteiger partial charge in [-0.3, -0.25) is 9.78 Å². The Hall–Kier alpha value is -1.94. The maximum atomic E-state index is 12.8. The van der Waals surface area contributed by atoms with Crippen LogP contribution in [0.1, 0.15) is 54.1 Å². The molecule has 0 fully saturated rings. The number of ketones is 1. The SMILES string of the molecule is CCN(CC)CCn1c2c(c3c1CCc1ncccc1-3)C(=O)CCC2. The zero-order valence-electron chi connectivity index (χ0n) is 15.3. The molecule has 0 amide bonds. The average molecular weight is 337 g/mol. The fourth-order valence-corrected chi connectivity index (χ4v) is 4.53. The number of pyridine rings is 1. The smallest absolute Gasteiger partial charge is 0.165 e. The number of hydrogen-bond acceptors (Lipinski definition) is 3. The summed E-state index contributed by atoms with van der Waals surface area (Å²) in [6.07, 6.45) is 6.55. The largest absolute Gasteiger partial charge is 0.346 e. The van der Waals surface area contributed by atoms with E-state index in [1.807, 2.05) is 12.3 Å². The fourth-order valence-electron chi connectivity index (χ4n) is 4.53. The molecular weight excluding hydrogens is 310 g/mol. The average Bonchev–Trinajstić information content (AvgIpc) is 2.98. The molecule has 0 spiro atoms. The summed E-state index contributed by atoms with van der Waals surface area (Å²) >= 11 is 0. The van der Waals surface area contributed by atoms with E-state index < -0.39 is 0 Å². The molecule has 0 unspecified atom stereocenters. The van der Waals surface area contributed by atoms with Crippen LogP contribution in [0.25, 0.3) is 11.1 Å². The van der Waals surface area contributed by atoms with Gasteiger partial charge >= 0.3 is 0 Å². The summed E-state index contributed by atoms with van der Waals surface area (Å²) in [6.45, 7) is 8.63. The molecule has 0 aromatic carbocycles. The van der Waals surface area contributed by atoms with Crippen LogP contribution in [0.2, 0.25) is 0 Å². The molecule has 2 aliphatic rings. The molecule has 0 N–H and O–H groups in total. The molecule has 2 heterocycles. The van der Waals surface area contributed by atoms with Crippen LogP contribution in [0.15, 0.2) is 18.3 Å². The number of likely N-dealkylation sites (N-methyl/N-ethyl adjacent to an activating group) is 1. The Morgan fingerprint density at radius 1 is 1.08 bits per heavy atom. The first-order valence-corrected chi connectivity index (χ1v) is 9.68. The van der Waals surface area contributed by atoms with Crippen molar-refractivity contribution in [1.82, 2.24) is 14.5 Å². The highest BCUT2D eigenvalue weighted by molar-refractivity contribution is 6.05. The van der Waals surface area contributed by atoms with E-state index >= 15 is 0 Å². The first-order valence-electron chi connectivity index (χ1n) is 9.68. The summed E-state index contributed by atoms with van der Waals surface area (Å²) in [6, 6.07) is 4.15. The number of carbonyl (C=O) groups excluding carboxylic acids is 1. The van der Waals surface area contributed by atoms with E-state index in [-0.39, 0.29) is 0 Å². The van der Waals surface area contributed by atoms with Crippen molar-refractivity contribution in [2.24, 2.45) is 0 Å². The number of fused-ring (bicyclic) bond motifs is 5. The van der Waals surface area contributed by atoms with Gasteiger partial charge in [0.05, 0.1) is 0 Å².